The summed E-state index contributed by atoms with van der Waals surface area (Å²) in [5.74, 6) is -0.116. The molecule has 0 saturated carbocycles. The first-order chi connectivity index (χ1) is 20.3. The summed E-state index contributed by atoms with van der Waals surface area (Å²) in [6, 6.07) is 23.6. The molecule has 10 heteroatoms. The van der Waals surface area contributed by atoms with E-state index in [2.05, 4.69) is 24.1 Å². The first-order valence-corrected chi connectivity index (χ1v) is 14.6. The Labute approximate surface area is 247 Å². The second kappa shape index (κ2) is 12.4. The topological polar surface area (TPSA) is 127 Å². The number of aromatic nitrogens is 2. The number of benzene rings is 3. The largest absolute Gasteiger partial charge is 0.463 e. The summed E-state index contributed by atoms with van der Waals surface area (Å²) < 4.78 is 5.52. The van der Waals surface area contributed by atoms with E-state index in [-0.39, 0.29) is 17.9 Å². The smallest absolute Gasteiger partial charge is 0.337 e. The van der Waals surface area contributed by atoms with Gasteiger partial charge in [0.25, 0.3) is 11.2 Å². The zero-order valence-electron chi connectivity index (χ0n) is 23.4. The Morgan fingerprint density at radius 1 is 1.05 bits per heavy atom. The van der Waals surface area contributed by atoms with Crippen LogP contribution in [0.15, 0.2) is 94.4 Å². The van der Waals surface area contributed by atoms with Gasteiger partial charge < -0.3 is 15.0 Å². The maximum absolute atomic E-state index is 13.7. The molecule has 0 aliphatic carbocycles. The second-order valence-electron chi connectivity index (χ2n) is 10.1. The van der Waals surface area contributed by atoms with Crippen LogP contribution in [0.1, 0.15) is 60.4 Å². The molecular formula is C32H30N4O5S. The lowest BCUT2D eigenvalue weighted by atomic mass is 9.80. The van der Waals surface area contributed by atoms with Crippen molar-refractivity contribution in [1.82, 2.24) is 9.97 Å². The van der Waals surface area contributed by atoms with Crippen LogP contribution in [0.4, 0.5) is 11.5 Å². The van der Waals surface area contributed by atoms with Gasteiger partial charge in [0.15, 0.2) is 5.16 Å². The van der Waals surface area contributed by atoms with Crippen LogP contribution in [-0.4, -0.2) is 27.5 Å². The average Bonchev–Trinajstić information content (AvgIpc) is 3.00. The molecule has 0 saturated heterocycles. The number of carbonyl (C=O) groups excluding carboxylic acids is 1. The Bertz CT molecular complexity index is 1700. The van der Waals surface area contributed by atoms with Gasteiger partial charge >= 0.3 is 5.97 Å². The number of rotatable bonds is 9. The number of hydrogen-bond donors (Lipinski definition) is 2. The molecule has 4 aromatic rings. The molecular weight excluding hydrogens is 552 g/mol. The van der Waals surface area contributed by atoms with Crippen LogP contribution in [0.25, 0.3) is 5.70 Å². The van der Waals surface area contributed by atoms with Gasteiger partial charge in [-0.3, -0.25) is 14.9 Å². The van der Waals surface area contributed by atoms with E-state index in [0.29, 0.717) is 39.5 Å². The van der Waals surface area contributed by atoms with Crippen LogP contribution < -0.4 is 10.9 Å². The van der Waals surface area contributed by atoms with Crippen molar-refractivity contribution in [2.24, 2.45) is 0 Å². The molecule has 5 rings (SSSR count). The third-order valence-electron chi connectivity index (χ3n) is 7.04. The van der Waals surface area contributed by atoms with Crippen molar-refractivity contribution in [1.29, 1.82) is 0 Å². The molecule has 1 aliphatic heterocycles. The highest BCUT2D eigenvalue weighted by molar-refractivity contribution is 7.98. The highest BCUT2D eigenvalue weighted by atomic mass is 32.2. The number of ether oxygens (including phenoxy) is 1. The van der Waals surface area contributed by atoms with Crippen LogP contribution in [0.5, 0.6) is 0 Å². The third-order valence-corrected chi connectivity index (χ3v) is 7.99. The predicted octanol–water partition coefficient (Wildman–Crippen LogP) is 6.63. The minimum absolute atomic E-state index is 0.0124. The number of nitro benzene ring substituents is 1. The van der Waals surface area contributed by atoms with Gasteiger partial charge in [0, 0.05) is 17.9 Å². The SMILES string of the molecule is CCOC(=O)C1=C(c2ccccc2)Nc2nc(SCc3ccc([N+](=O)[O-])cc3)[nH]c(=O)c2C1c1ccc(C(C)C)cc1. The van der Waals surface area contributed by atoms with Crippen LogP contribution in [0.2, 0.25) is 0 Å². The minimum Gasteiger partial charge on any atom is -0.463 e. The Kier molecular flexibility index (Phi) is 8.53. The number of aromatic amines is 1. The van der Waals surface area contributed by atoms with E-state index in [1.807, 2.05) is 54.6 Å². The Morgan fingerprint density at radius 3 is 2.36 bits per heavy atom. The van der Waals surface area contributed by atoms with Crippen molar-refractivity contribution in [2.45, 2.75) is 43.5 Å². The third kappa shape index (κ3) is 5.99. The predicted molar refractivity (Wildman–Crippen MR) is 164 cm³/mol. The number of non-ortho nitro benzene ring substituents is 1. The number of fused-ring (bicyclic) bond motifs is 1. The van der Waals surface area contributed by atoms with Crippen LogP contribution in [0, 0.1) is 10.1 Å². The summed E-state index contributed by atoms with van der Waals surface area (Å²) in [5, 5.41) is 14.7. The van der Waals surface area contributed by atoms with Gasteiger partial charge in [-0.1, -0.05) is 92.3 Å². The summed E-state index contributed by atoms with van der Waals surface area (Å²) in [6.45, 7) is 6.15. The normalized spacial score (nSPS) is 14.3. The van der Waals surface area contributed by atoms with Gasteiger partial charge in [0.2, 0.25) is 0 Å². The number of carbonyl (C=O) groups is 1. The van der Waals surface area contributed by atoms with Gasteiger partial charge in [0.1, 0.15) is 5.82 Å². The molecule has 1 aliphatic rings. The molecule has 9 nitrogen and oxygen atoms in total. The lowest BCUT2D eigenvalue weighted by molar-refractivity contribution is -0.384. The zero-order valence-corrected chi connectivity index (χ0v) is 24.2. The van der Waals surface area contributed by atoms with Gasteiger partial charge in [-0.25, -0.2) is 9.78 Å². The molecule has 0 bridgehead atoms. The lowest BCUT2D eigenvalue weighted by Crippen LogP contribution is -2.31. The molecule has 0 amide bonds. The number of nitro groups is 1. The van der Waals surface area contributed by atoms with E-state index in [4.69, 9.17) is 9.72 Å². The maximum atomic E-state index is 13.7. The van der Waals surface area contributed by atoms with Crippen molar-refractivity contribution in [3.05, 3.63) is 133 Å². The summed E-state index contributed by atoms with van der Waals surface area (Å²) in [6.07, 6.45) is 0. The Hall–Kier alpha value is -4.70. The number of esters is 1. The van der Waals surface area contributed by atoms with Crippen LogP contribution >= 0.6 is 11.8 Å². The lowest BCUT2D eigenvalue weighted by Gasteiger charge is -2.30. The van der Waals surface area contributed by atoms with E-state index < -0.39 is 16.8 Å². The van der Waals surface area contributed by atoms with Gasteiger partial charge in [0.05, 0.1) is 34.3 Å². The van der Waals surface area contributed by atoms with Crippen molar-refractivity contribution in [3.8, 4) is 0 Å². The highest BCUT2D eigenvalue weighted by Crippen LogP contribution is 2.43. The molecule has 2 heterocycles. The fourth-order valence-corrected chi connectivity index (χ4v) is 5.72. The Morgan fingerprint density at radius 2 is 1.74 bits per heavy atom. The van der Waals surface area contributed by atoms with E-state index in [9.17, 15) is 19.7 Å². The van der Waals surface area contributed by atoms with Crippen LogP contribution in [-0.2, 0) is 15.3 Å². The first-order valence-electron chi connectivity index (χ1n) is 13.6. The van der Waals surface area contributed by atoms with Gasteiger partial charge in [-0.2, -0.15) is 0 Å². The molecule has 2 N–H and O–H groups in total. The average molecular weight is 583 g/mol. The van der Waals surface area contributed by atoms with Crippen molar-refractivity contribution in [2.75, 3.05) is 11.9 Å². The molecule has 1 atom stereocenters. The van der Waals surface area contributed by atoms with E-state index in [0.717, 1.165) is 22.3 Å². The molecule has 214 valence electrons. The summed E-state index contributed by atoms with van der Waals surface area (Å²) in [5.41, 5.74) is 4.36. The molecule has 1 aromatic heterocycles. The fraction of sp³-hybridized carbons (Fsp3) is 0.219. The monoisotopic (exact) mass is 582 g/mol. The Balaban J connectivity index is 1.61. The van der Waals surface area contributed by atoms with E-state index in [1.165, 1.54) is 23.9 Å². The number of H-pyrrole nitrogens is 1. The second-order valence-corrected chi connectivity index (χ2v) is 11.1. The van der Waals surface area contributed by atoms with Gasteiger partial charge in [-0.05, 0) is 35.1 Å². The molecule has 3 aromatic carbocycles. The molecule has 0 radical (unpaired) electrons. The van der Waals surface area contributed by atoms with Gasteiger partial charge in [-0.15, -0.1) is 0 Å². The highest BCUT2D eigenvalue weighted by Gasteiger charge is 2.38. The number of nitrogens with one attached hydrogen (secondary N) is 2. The van der Waals surface area contributed by atoms with E-state index in [1.54, 1.807) is 19.1 Å². The van der Waals surface area contributed by atoms with Crippen molar-refractivity contribution in [3.63, 3.8) is 0 Å². The maximum Gasteiger partial charge on any atom is 0.337 e. The number of anilines is 1. The summed E-state index contributed by atoms with van der Waals surface area (Å²) >= 11 is 1.31. The minimum atomic E-state index is -0.721. The van der Waals surface area contributed by atoms with Crippen molar-refractivity contribution < 1.29 is 14.5 Å². The number of thioether (sulfide) groups is 1. The molecule has 42 heavy (non-hydrogen) atoms. The molecule has 1 unspecified atom stereocenters. The molecule has 0 spiro atoms. The number of nitrogens with zero attached hydrogens (tertiary/aromatic N) is 2. The van der Waals surface area contributed by atoms with Crippen LogP contribution in [0.3, 0.4) is 0 Å². The van der Waals surface area contributed by atoms with E-state index >= 15 is 0 Å². The summed E-state index contributed by atoms with van der Waals surface area (Å²) in [7, 11) is 0. The molecule has 0 fully saturated rings. The quantitative estimate of drug-likeness (QED) is 0.0741. The standard InChI is InChI=1S/C32H30N4O5S/c1-4-41-31(38)26-25(22-14-12-21(13-15-22)19(2)3)27-29(33-28(26)23-8-6-5-7-9-23)34-32(35-30(27)37)42-18-20-10-16-24(17-11-20)36(39)40/h5-17,19,25H,4,18H2,1-3H3,(H2,33,34,35,37). The first kappa shape index (κ1) is 28.8. The van der Waals surface area contributed by atoms with Crippen molar-refractivity contribution >= 4 is 34.9 Å². The number of hydrogen-bond acceptors (Lipinski definition) is 8. The summed E-state index contributed by atoms with van der Waals surface area (Å²) in [4.78, 5) is 45.5. The zero-order chi connectivity index (χ0) is 29.8. The fourth-order valence-electron chi connectivity index (χ4n) is 4.90.